The van der Waals surface area contributed by atoms with E-state index < -0.39 is 0 Å². The van der Waals surface area contributed by atoms with Gasteiger partial charge in [-0.3, -0.25) is 9.78 Å². The fourth-order valence-electron chi connectivity index (χ4n) is 0.974. The van der Waals surface area contributed by atoms with Crippen LogP contribution in [0.1, 0.15) is 20.3 Å². The number of carbonyl (C=O) groups excluding carboxylic acids is 1. The molecule has 1 atom stereocenters. The molecular weight excluding hydrogens is 182 g/mol. The van der Waals surface area contributed by atoms with Crippen LogP contribution in [-0.2, 0) is 4.79 Å². The molecule has 1 aromatic heterocycles. The quantitative estimate of drug-likeness (QED) is 0.691. The summed E-state index contributed by atoms with van der Waals surface area (Å²) in [6.45, 7) is 3.84. The van der Waals surface area contributed by atoms with Crippen LogP contribution in [0.3, 0.4) is 0 Å². The molecule has 0 spiro atoms. The number of carbonyl (C=O) groups is 1. The number of Topliss-reactive ketones (excluding diaryl/α,β-unsaturated/α-hetero) is 1. The van der Waals surface area contributed by atoms with E-state index in [0.29, 0.717) is 12.2 Å². The van der Waals surface area contributed by atoms with Gasteiger partial charge in [-0.05, 0) is 19.1 Å². The third-order valence-corrected chi connectivity index (χ3v) is 2.93. The Morgan fingerprint density at radius 3 is 2.69 bits per heavy atom. The van der Waals surface area contributed by atoms with Crippen LogP contribution < -0.4 is 0 Å². The van der Waals surface area contributed by atoms with E-state index in [9.17, 15) is 4.79 Å². The van der Waals surface area contributed by atoms with Gasteiger partial charge in [0, 0.05) is 23.7 Å². The van der Waals surface area contributed by atoms with Crippen LogP contribution in [0.4, 0.5) is 0 Å². The number of hydrogen-bond donors (Lipinski definition) is 0. The number of hydrogen-bond acceptors (Lipinski definition) is 3. The van der Waals surface area contributed by atoms with Gasteiger partial charge < -0.3 is 0 Å². The van der Waals surface area contributed by atoms with E-state index in [1.165, 1.54) is 0 Å². The minimum absolute atomic E-state index is 0.0485. The van der Waals surface area contributed by atoms with Crippen molar-refractivity contribution in [1.82, 2.24) is 4.98 Å². The Morgan fingerprint density at radius 2 is 2.15 bits per heavy atom. The summed E-state index contributed by atoms with van der Waals surface area (Å²) in [4.78, 5) is 16.3. The summed E-state index contributed by atoms with van der Waals surface area (Å²) in [7, 11) is 0. The Kier molecular flexibility index (Phi) is 3.96. The molecule has 2 nitrogen and oxygen atoms in total. The predicted molar refractivity (Wildman–Crippen MR) is 54.9 cm³/mol. The Bertz CT molecular complexity index is 274. The minimum atomic E-state index is 0.0485. The largest absolute Gasteiger partial charge is 0.298 e. The molecule has 1 rings (SSSR count). The summed E-state index contributed by atoms with van der Waals surface area (Å²) in [5.74, 6) is 0.293. The standard InChI is InChI=1S/C10H13NOS/c1-3-10(12)8(2)13-9-4-6-11-7-5-9/h4-8H,3H2,1-2H3. The number of rotatable bonds is 4. The highest BCUT2D eigenvalue weighted by molar-refractivity contribution is 8.00. The maximum absolute atomic E-state index is 11.3. The zero-order valence-electron chi connectivity index (χ0n) is 7.86. The van der Waals surface area contributed by atoms with E-state index >= 15 is 0 Å². The van der Waals surface area contributed by atoms with Crippen LogP contribution in [0.25, 0.3) is 0 Å². The molecule has 70 valence electrons. The SMILES string of the molecule is CCC(=O)C(C)Sc1ccncc1. The molecule has 0 fully saturated rings. The molecule has 0 aliphatic heterocycles. The summed E-state index contributed by atoms with van der Waals surface area (Å²) < 4.78 is 0. The van der Waals surface area contributed by atoms with Gasteiger partial charge in [-0.1, -0.05) is 6.92 Å². The Labute approximate surface area is 82.8 Å². The van der Waals surface area contributed by atoms with Crippen molar-refractivity contribution in [2.24, 2.45) is 0 Å². The van der Waals surface area contributed by atoms with Crippen LogP contribution in [0.15, 0.2) is 29.4 Å². The number of ketones is 1. The number of nitrogens with zero attached hydrogens (tertiary/aromatic N) is 1. The highest BCUT2D eigenvalue weighted by Crippen LogP contribution is 2.23. The molecule has 0 saturated carbocycles. The van der Waals surface area contributed by atoms with Crippen LogP contribution >= 0.6 is 11.8 Å². The lowest BCUT2D eigenvalue weighted by atomic mass is 10.2. The third-order valence-electron chi connectivity index (χ3n) is 1.76. The van der Waals surface area contributed by atoms with Gasteiger partial charge in [0.15, 0.2) is 0 Å². The summed E-state index contributed by atoms with van der Waals surface area (Å²) in [5, 5.41) is 0.0485. The predicted octanol–water partition coefficient (Wildman–Crippen LogP) is 2.54. The van der Waals surface area contributed by atoms with E-state index in [1.54, 1.807) is 24.2 Å². The van der Waals surface area contributed by atoms with E-state index in [0.717, 1.165) is 4.90 Å². The van der Waals surface area contributed by atoms with Crippen molar-refractivity contribution in [2.45, 2.75) is 30.4 Å². The van der Waals surface area contributed by atoms with Gasteiger partial charge in [0.1, 0.15) is 5.78 Å². The Morgan fingerprint density at radius 1 is 1.54 bits per heavy atom. The van der Waals surface area contributed by atoms with Gasteiger partial charge in [-0.15, -0.1) is 11.8 Å². The van der Waals surface area contributed by atoms with Gasteiger partial charge in [0.25, 0.3) is 0 Å². The average Bonchev–Trinajstić information content (AvgIpc) is 2.18. The summed E-state index contributed by atoms with van der Waals surface area (Å²) in [6.07, 6.45) is 4.09. The van der Waals surface area contributed by atoms with Gasteiger partial charge in [0.05, 0.1) is 5.25 Å². The maximum atomic E-state index is 11.3. The molecule has 0 radical (unpaired) electrons. The normalized spacial score (nSPS) is 12.5. The zero-order valence-corrected chi connectivity index (χ0v) is 8.67. The fourth-order valence-corrected chi connectivity index (χ4v) is 1.96. The summed E-state index contributed by atoms with van der Waals surface area (Å²) >= 11 is 1.59. The second-order valence-corrected chi connectivity index (χ2v) is 4.18. The smallest absolute Gasteiger partial charge is 0.145 e. The van der Waals surface area contributed by atoms with Crippen LogP contribution in [0.2, 0.25) is 0 Å². The molecule has 1 aromatic rings. The molecular formula is C10H13NOS. The van der Waals surface area contributed by atoms with Gasteiger partial charge in [0.2, 0.25) is 0 Å². The highest BCUT2D eigenvalue weighted by Gasteiger charge is 2.11. The van der Waals surface area contributed by atoms with E-state index in [2.05, 4.69) is 4.98 Å². The van der Waals surface area contributed by atoms with Gasteiger partial charge in [-0.25, -0.2) is 0 Å². The molecule has 0 saturated heterocycles. The first kappa shape index (κ1) is 10.3. The molecule has 0 N–H and O–H groups in total. The lowest BCUT2D eigenvalue weighted by Crippen LogP contribution is -2.10. The molecule has 0 aliphatic carbocycles. The first-order chi connectivity index (χ1) is 6.24. The maximum Gasteiger partial charge on any atom is 0.145 e. The Balaban J connectivity index is 2.55. The van der Waals surface area contributed by atoms with Gasteiger partial charge >= 0.3 is 0 Å². The first-order valence-electron chi connectivity index (χ1n) is 4.33. The van der Waals surface area contributed by atoms with Gasteiger partial charge in [-0.2, -0.15) is 0 Å². The van der Waals surface area contributed by atoms with Crippen molar-refractivity contribution < 1.29 is 4.79 Å². The molecule has 1 heterocycles. The molecule has 3 heteroatoms. The van der Waals surface area contributed by atoms with Crippen LogP contribution in [0, 0.1) is 0 Å². The highest BCUT2D eigenvalue weighted by atomic mass is 32.2. The minimum Gasteiger partial charge on any atom is -0.298 e. The lowest BCUT2D eigenvalue weighted by Gasteiger charge is -2.07. The fraction of sp³-hybridized carbons (Fsp3) is 0.400. The molecule has 1 unspecified atom stereocenters. The van der Waals surface area contributed by atoms with Crippen molar-refractivity contribution in [2.75, 3.05) is 0 Å². The monoisotopic (exact) mass is 195 g/mol. The molecule has 13 heavy (non-hydrogen) atoms. The van der Waals surface area contributed by atoms with E-state index in [1.807, 2.05) is 26.0 Å². The van der Waals surface area contributed by atoms with E-state index in [4.69, 9.17) is 0 Å². The summed E-state index contributed by atoms with van der Waals surface area (Å²) in [5.41, 5.74) is 0. The van der Waals surface area contributed by atoms with Crippen LogP contribution in [0.5, 0.6) is 0 Å². The molecule has 0 bridgehead atoms. The van der Waals surface area contributed by atoms with Crippen molar-refractivity contribution >= 4 is 17.5 Å². The molecule has 0 aliphatic rings. The number of aromatic nitrogens is 1. The molecule has 0 amide bonds. The topological polar surface area (TPSA) is 30.0 Å². The second-order valence-electron chi connectivity index (χ2n) is 2.76. The van der Waals surface area contributed by atoms with E-state index in [-0.39, 0.29) is 5.25 Å². The number of pyridine rings is 1. The second kappa shape index (κ2) is 5.02. The van der Waals surface area contributed by atoms with Crippen LogP contribution in [-0.4, -0.2) is 16.0 Å². The van der Waals surface area contributed by atoms with Crippen molar-refractivity contribution in [1.29, 1.82) is 0 Å². The van der Waals surface area contributed by atoms with Crippen molar-refractivity contribution in [3.8, 4) is 0 Å². The third kappa shape index (κ3) is 3.19. The van der Waals surface area contributed by atoms with Crippen molar-refractivity contribution in [3.05, 3.63) is 24.5 Å². The summed E-state index contributed by atoms with van der Waals surface area (Å²) in [6, 6.07) is 3.84. The molecule has 0 aromatic carbocycles. The van der Waals surface area contributed by atoms with Crippen molar-refractivity contribution in [3.63, 3.8) is 0 Å². The first-order valence-corrected chi connectivity index (χ1v) is 5.21. The average molecular weight is 195 g/mol. The lowest BCUT2D eigenvalue weighted by molar-refractivity contribution is -0.117. The number of thioether (sulfide) groups is 1. The Hall–Kier alpha value is -0.830. The zero-order chi connectivity index (χ0) is 9.68.